The van der Waals surface area contributed by atoms with Crippen LogP contribution in [-0.2, 0) is 9.53 Å². The summed E-state index contributed by atoms with van der Waals surface area (Å²) in [5, 5.41) is 3.44. The van der Waals surface area contributed by atoms with Crippen LogP contribution in [0.3, 0.4) is 0 Å². The summed E-state index contributed by atoms with van der Waals surface area (Å²) in [7, 11) is 0. The molecule has 2 aliphatic rings. The lowest BCUT2D eigenvalue weighted by atomic mass is 10.0. The van der Waals surface area contributed by atoms with Crippen molar-refractivity contribution in [2.24, 2.45) is 5.92 Å². The van der Waals surface area contributed by atoms with E-state index in [1.807, 2.05) is 17.9 Å². The van der Waals surface area contributed by atoms with Gasteiger partial charge in [-0.2, -0.15) is 0 Å². The van der Waals surface area contributed by atoms with Gasteiger partial charge in [0.2, 0.25) is 5.91 Å². The Kier molecular flexibility index (Phi) is 4.34. The molecule has 114 valence electrons. The van der Waals surface area contributed by atoms with E-state index in [1.165, 1.54) is 0 Å². The number of amides is 1. The third-order valence-electron chi connectivity index (χ3n) is 4.24. The monoisotopic (exact) mass is 290 g/mol. The van der Waals surface area contributed by atoms with Crippen LogP contribution in [0.1, 0.15) is 25.0 Å². The molecule has 21 heavy (non-hydrogen) atoms. The summed E-state index contributed by atoms with van der Waals surface area (Å²) in [6.07, 6.45) is 4.37. The van der Waals surface area contributed by atoms with Crippen LogP contribution in [0.15, 0.2) is 12.4 Å². The maximum atomic E-state index is 12.3. The molecule has 6 heteroatoms. The summed E-state index contributed by atoms with van der Waals surface area (Å²) in [4.78, 5) is 22.6. The number of aryl methyl sites for hydroxylation is 1. The van der Waals surface area contributed by atoms with Crippen molar-refractivity contribution in [3.05, 3.63) is 18.1 Å². The number of hydrogen-bond donors (Lipinski definition) is 1. The summed E-state index contributed by atoms with van der Waals surface area (Å²) in [5.41, 5.74) is 0.960. The van der Waals surface area contributed by atoms with Gasteiger partial charge in [-0.05, 0) is 26.2 Å². The highest BCUT2D eigenvalue weighted by Gasteiger charge is 2.30. The molecule has 1 amide bonds. The quantitative estimate of drug-likeness (QED) is 0.906. The van der Waals surface area contributed by atoms with Gasteiger partial charge >= 0.3 is 0 Å². The van der Waals surface area contributed by atoms with Crippen LogP contribution in [0.5, 0.6) is 0 Å². The van der Waals surface area contributed by atoms with E-state index in [4.69, 9.17) is 4.74 Å². The van der Waals surface area contributed by atoms with Crippen LogP contribution in [0.4, 0.5) is 5.82 Å². The highest BCUT2D eigenvalue weighted by Crippen LogP contribution is 2.20. The molecule has 1 aromatic heterocycles. The summed E-state index contributed by atoms with van der Waals surface area (Å²) < 4.78 is 5.31. The number of aromatic nitrogens is 2. The molecule has 1 atom stereocenters. The average Bonchev–Trinajstić information content (AvgIpc) is 3.01. The molecule has 1 aromatic rings. The van der Waals surface area contributed by atoms with Crippen molar-refractivity contribution in [1.82, 2.24) is 14.9 Å². The molecule has 2 fully saturated rings. The molecule has 0 aromatic carbocycles. The van der Waals surface area contributed by atoms with Crippen molar-refractivity contribution in [3.8, 4) is 0 Å². The van der Waals surface area contributed by atoms with Crippen LogP contribution >= 0.6 is 0 Å². The molecule has 2 saturated heterocycles. The zero-order valence-corrected chi connectivity index (χ0v) is 12.4. The zero-order valence-electron chi connectivity index (χ0n) is 12.4. The SMILES string of the molecule is Cc1cc(NC2CCN(C(=O)C3CCOC3)CC2)ncn1. The van der Waals surface area contributed by atoms with Crippen LogP contribution in [0.2, 0.25) is 0 Å². The average molecular weight is 290 g/mol. The maximum absolute atomic E-state index is 12.3. The van der Waals surface area contributed by atoms with E-state index in [9.17, 15) is 4.79 Å². The Bertz CT molecular complexity index is 494. The zero-order chi connectivity index (χ0) is 14.7. The van der Waals surface area contributed by atoms with Gasteiger partial charge < -0.3 is 15.0 Å². The lowest BCUT2D eigenvalue weighted by Crippen LogP contribution is -2.45. The molecule has 0 saturated carbocycles. The fraction of sp³-hybridized carbons (Fsp3) is 0.667. The Hall–Kier alpha value is -1.69. The van der Waals surface area contributed by atoms with Crippen molar-refractivity contribution in [2.45, 2.75) is 32.2 Å². The smallest absolute Gasteiger partial charge is 0.228 e. The first-order valence-electron chi connectivity index (χ1n) is 7.64. The molecule has 6 nitrogen and oxygen atoms in total. The topological polar surface area (TPSA) is 67.4 Å². The summed E-state index contributed by atoms with van der Waals surface area (Å²) in [6.45, 7) is 4.91. The van der Waals surface area contributed by atoms with Gasteiger partial charge in [0.15, 0.2) is 0 Å². The Balaban J connectivity index is 1.49. The van der Waals surface area contributed by atoms with Crippen molar-refractivity contribution < 1.29 is 9.53 Å². The lowest BCUT2D eigenvalue weighted by Gasteiger charge is -2.33. The van der Waals surface area contributed by atoms with Crippen molar-refractivity contribution in [1.29, 1.82) is 0 Å². The molecule has 3 rings (SSSR count). The minimum atomic E-state index is 0.0824. The van der Waals surface area contributed by atoms with Crippen molar-refractivity contribution >= 4 is 11.7 Å². The summed E-state index contributed by atoms with van der Waals surface area (Å²) >= 11 is 0. The lowest BCUT2D eigenvalue weighted by molar-refractivity contribution is -0.136. The van der Waals surface area contributed by atoms with Gasteiger partial charge in [-0.25, -0.2) is 9.97 Å². The van der Waals surface area contributed by atoms with E-state index in [0.717, 1.165) is 50.5 Å². The first kappa shape index (κ1) is 14.3. The molecule has 0 aliphatic carbocycles. The van der Waals surface area contributed by atoms with Gasteiger partial charge in [0, 0.05) is 37.5 Å². The molecule has 0 radical (unpaired) electrons. The number of piperidine rings is 1. The van der Waals surface area contributed by atoms with E-state index < -0.39 is 0 Å². The molecule has 1 unspecified atom stereocenters. The van der Waals surface area contributed by atoms with Crippen LogP contribution in [-0.4, -0.2) is 53.1 Å². The highest BCUT2D eigenvalue weighted by molar-refractivity contribution is 5.79. The number of carbonyl (C=O) groups excluding carboxylic acids is 1. The molecule has 0 spiro atoms. The van der Waals surface area contributed by atoms with E-state index in [0.29, 0.717) is 12.6 Å². The molecular formula is C15H22N4O2. The summed E-state index contributed by atoms with van der Waals surface area (Å²) in [6, 6.07) is 2.33. The number of nitrogens with zero attached hydrogens (tertiary/aromatic N) is 3. The Morgan fingerprint density at radius 1 is 1.33 bits per heavy atom. The second kappa shape index (κ2) is 6.39. The van der Waals surface area contributed by atoms with Gasteiger partial charge in [-0.3, -0.25) is 4.79 Å². The van der Waals surface area contributed by atoms with Crippen molar-refractivity contribution in [3.63, 3.8) is 0 Å². The minimum absolute atomic E-state index is 0.0824. The minimum Gasteiger partial charge on any atom is -0.381 e. The first-order chi connectivity index (χ1) is 10.2. The third-order valence-corrected chi connectivity index (χ3v) is 4.24. The van der Waals surface area contributed by atoms with E-state index >= 15 is 0 Å². The number of hydrogen-bond acceptors (Lipinski definition) is 5. The standard InChI is InChI=1S/C15H22N4O2/c1-11-8-14(17-10-16-11)18-13-2-5-19(6-3-13)15(20)12-4-7-21-9-12/h8,10,12-13H,2-7,9H2,1H3,(H,16,17,18). The predicted molar refractivity (Wildman–Crippen MR) is 78.9 cm³/mol. The fourth-order valence-corrected chi connectivity index (χ4v) is 2.97. The Morgan fingerprint density at radius 2 is 2.14 bits per heavy atom. The van der Waals surface area contributed by atoms with Crippen LogP contribution in [0, 0.1) is 12.8 Å². The maximum Gasteiger partial charge on any atom is 0.228 e. The molecule has 1 N–H and O–H groups in total. The highest BCUT2D eigenvalue weighted by atomic mass is 16.5. The van der Waals surface area contributed by atoms with Crippen LogP contribution in [0.25, 0.3) is 0 Å². The number of carbonyl (C=O) groups is 1. The van der Waals surface area contributed by atoms with E-state index in [1.54, 1.807) is 6.33 Å². The predicted octanol–water partition coefficient (Wildman–Crippen LogP) is 1.22. The van der Waals surface area contributed by atoms with Gasteiger partial charge in [0.25, 0.3) is 0 Å². The molecule has 2 aliphatic heterocycles. The summed E-state index contributed by atoms with van der Waals surface area (Å²) in [5.74, 6) is 1.22. The second-order valence-electron chi connectivity index (χ2n) is 5.85. The molecular weight excluding hydrogens is 268 g/mol. The van der Waals surface area contributed by atoms with Gasteiger partial charge in [-0.15, -0.1) is 0 Å². The van der Waals surface area contributed by atoms with Crippen molar-refractivity contribution in [2.75, 3.05) is 31.6 Å². The van der Waals surface area contributed by atoms with E-state index in [-0.39, 0.29) is 11.8 Å². The number of rotatable bonds is 3. The van der Waals surface area contributed by atoms with Crippen LogP contribution < -0.4 is 5.32 Å². The number of anilines is 1. The van der Waals surface area contributed by atoms with Gasteiger partial charge in [0.05, 0.1) is 12.5 Å². The number of likely N-dealkylation sites (tertiary alicyclic amines) is 1. The van der Waals surface area contributed by atoms with Gasteiger partial charge in [0.1, 0.15) is 12.1 Å². The number of ether oxygens (including phenoxy) is 1. The normalized spacial score (nSPS) is 23.3. The molecule has 0 bridgehead atoms. The largest absolute Gasteiger partial charge is 0.381 e. The fourth-order valence-electron chi connectivity index (χ4n) is 2.97. The number of nitrogens with one attached hydrogen (secondary N) is 1. The Morgan fingerprint density at radius 3 is 2.81 bits per heavy atom. The molecule has 3 heterocycles. The third kappa shape index (κ3) is 3.50. The first-order valence-corrected chi connectivity index (χ1v) is 7.64. The second-order valence-corrected chi connectivity index (χ2v) is 5.85. The van der Waals surface area contributed by atoms with Gasteiger partial charge in [-0.1, -0.05) is 0 Å². The Labute approximate surface area is 124 Å². The van der Waals surface area contributed by atoms with E-state index in [2.05, 4.69) is 15.3 Å².